The lowest BCUT2D eigenvalue weighted by Crippen LogP contribution is -2.06. The van der Waals surface area contributed by atoms with E-state index in [9.17, 15) is 13.2 Å². The number of alkyl halides is 3. The van der Waals surface area contributed by atoms with Crippen molar-refractivity contribution in [3.05, 3.63) is 28.4 Å². The number of aryl methyl sites for hydroxylation is 1. The molecule has 0 aliphatic rings. The Hall–Kier alpha value is -1.08. The number of fused-ring (bicyclic) bond motifs is 1. The van der Waals surface area contributed by atoms with Crippen molar-refractivity contribution in [2.45, 2.75) is 19.1 Å². The molecule has 0 fully saturated rings. The Bertz CT molecular complexity index is 580. The highest BCUT2D eigenvalue weighted by Crippen LogP contribution is 2.37. The first-order valence-electron chi connectivity index (χ1n) is 5.66. The third-order valence-corrected chi connectivity index (χ3v) is 3.31. The molecule has 19 heavy (non-hydrogen) atoms. The molecular weight excluding hydrogens is 325 g/mol. The Morgan fingerprint density at radius 3 is 2.74 bits per heavy atom. The summed E-state index contributed by atoms with van der Waals surface area (Å²) < 4.78 is 45.5. The summed E-state index contributed by atoms with van der Waals surface area (Å²) in [5.74, 6) is 0. The molecule has 0 saturated heterocycles. The number of rotatable bonds is 4. The zero-order chi connectivity index (χ0) is 14.0. The molecule has 0 unspecified atom stereocenters. The van der Waals surface area contributed by atoms with Gasteiger partial charge in [0, 0.05) is 25.6 Å². The van der Waals surface area contributed by atoms with E-state index in [0.29, 0.717) is 25.1 Å². The monoisotopic (exact) mass is 336 g/mol. The molecular formula is C12H12BrF3N2O. The fourth-order valence-corrected chi connectivity index (χ4v) is 2.56. The zero-order valence-electron chi connectivity index (χ0n) is 10.2. The van der Waals surface area contributed by atoms with Gasteiger partial charge in [0.15, 0.2) is 0 Å². The summed E-state index contributed by atoms with van der Waals surface area (Å²) >= 11 is 3.11. The van der Waals surface area contributed by atoms with Crippen molar-refractivity contribution in [2.75, 3.05) is 13.7 Å². The predicted molar refractivity (Wildman–Crippen MR) is 68.9 cm³/mol. The molecule has 2 aromatic rings. The molecule has 1 heterocycles. The number of nitrogens with zero attached hydrogens (tertiary/aromatic N) is 2. The molecule has 0 radical (unpaired) electrons. The highest BCUT2D eigenvalue weighted by molar-refractivity contribution is 9.10. The standard InChI is InChI=1S/C12H12BrF3N2O/c1-19-7-3-6-18-9-5-2-4-8(12(14,15)16)10(9)11(13)17-18/h2,4-5H,3,6-7H2,1H3. The molecule has 0 N–H and O–H groups in total. The van der Waals surface area contributed by atoms with Crippen molar-refractivity contribution in [3.63, 3.8) is 0 Å². The van der Waals surface area contributed by atoms with E-state index in [4.69, 9.17) is 4.74 Å². The third-order valence-electron chi connectivity index (χ3n) is 2.76. The first-order valence-corrected chi connectivity index (χ1v) is 6.45. The minimum atomic E-state index is -4.39. The second kappa shape index (κ2) is 5.50. The molecule has 7 heteroatoms. The average molecular weight is 337 g/mol. The van der Waals surface area contributed by atoms with Crippen molar-refractivity contribution in [2.24, 2.45) is 0 Å². The van der Waals surface area contributed by atoms with Crippen LogP contribution in [0.4, 0.5) is 13.2 Å². The molecule has 104 valence electrons. The second-order valence-electron chi connectivity index (χ2n) is 4.06. The van der Waals surface area contributed by atoms with E-state index in [1.807, 2.05) is 0 Å². The van der Waals surface area contributed by atoms with E-state index in [1.54, 1.807) is 17.9 Å². The Morgan fingerprint density at radius 1 is 1.37 bits per heavy atom. The largest absolute Gasteiger partial charge is 0.417 e. The quantitative estimate of drug-likeness (QED) is 0.793. The number of halogens is 4. The Morgan fingerprint density at radius 2 is 2.11 bits per heavy atom. The van der Waals surface area contributed by atoms with Gasteiger partial charge in [-0.2, -0.15) is 18.3 Å². The van der Waals surface area contributed by atoms with E-state index in [1.165, 1.54) is 6.07 Å². The van der Waals surface area contributed by atoms with Crippen LogP contribution >= 0.6 is 15.9 Å². The van der Waals surface area contributed by atoms with Crippen molar-refractivity contribution in [1.82, 2.24) is 9.78 Å². The van der Waals surface area contributed by atoms with Crippen LogP contribution in [0.1, 0.15) is 12.0 Å². The predicted octanol–water partition coefficient (Wildman–Crippen LogP) is 3.85. The van der Waals surface area contributed by atoms with Gasteiger partial charge in [-0.05, 0) is 34.5 Å². The van der Waals surface area contributed by atoms with Gasteiger partial charge in [-0.15, -0.1) is 0 Å². The first-order chi connectivity index (χ1) is 8.95. The number of hydrogen-bond donors (Lipinski definition) is 0. The normalized spacial score (nSPS) is 12.3. The van der Waals surface area contributed by atoms with Crippen LogP contribution in [0.15, 0.2) is 22.8 Å². The lowest BCUT2D eigenvalue weighted by Gasteiger charge is -2.08. The summed E-state index contributed by atoms with van der Waals surface area (Å²) in [6.07, 6.45) is -3.70. The van der Waals surface area contributed by atoms with Gasteiger partial charge in [0.2, 0.25) is 0 Å². The Labute approximate surface area is 116 Å². The topological polar surface area (TPSA) is 27.1 Å². The highest BCUT2D eigenvalue weighted by Gasteiger charge is 2.34. The van der Waals surface area contributed by atoms with Gasteiger partial charge >= 0.3 is 6.18 Å². The summed E-state index contributed by atoms with van der Waals surface area (Å²) in [6.45, 7) is 1.05. The van der Waals surface area contributed by atoms with Crippen molar-refractivity contribution in [1.29, 1.82) is 0 Å². The maximum atomic E-state index is 12.9. The molecule has 3 nitrogen and oxygen atoms in total. The van der Waals surface area contributed by atoms with Gasteiger partial charge in [-0.1, -0.05) is 6.07 Å². The SMILES string of the molecule is COCCCn1nc(Br)c2c(C(F)(F)F)cccc21. The number of ether oxygens (including phenoxy) is 1. The lowest BCUT2D eigenvalue weighted by atomic mass is 10.1. The molecule has 0 bridgehead atoms. The molecule has 0 aliphatic carbocycles. The molecule has 1 aromatic carbocycles. The minimum Gasteiger partial charge on any atom is -0.385 e. The molecule has 0 saturated carbocycles. The highest BCUT2D eigenvalue weighted by atomic mass is 79.9. The van der Waals surface area contributed by atoms with Gasteiger partial charge in [-0.3, -0.25) is 4.68 Å². The summed E-state index contributed by atoms with van der Waals surface area (Å²) in [7, 11) is 1.58. The molecule has 0 atom stereocenters. The maximum Gasteiger partial charge on any atom is 0.417 e. The number of aromatic nitrogens is 2. The molecule has 0 aliphatic heterocycles. The molecule has 1 aromatic heterocycles. The van der Waals surface area contributed by atoms with Crippen LogP contribution in [0.25, 0.3) is 10.9 Å². The van der Waals surface area contributed by atoms with Gasteiger partial charge in [0.1, 0.15) is 4.60 Å². The number of methoxy groups -OCH3 is 1. The first kappa shape index (κ1) is 14.3. The van der Waals surface area contributed by atoms with Crippen LogP contribution in [0.5, 0.6) is 0 Å². The Balaban J connectivity index is 2.48. The third kappa shape index (κ3) is 2.92. The van der Waals surface area contributed by atoms with E-state index >= 15 is 0 Å². The molecule has 0 spiro atoms. The van der Waals surface area contributed by atoms with Gasteiger partial charge in [0.25, 0.3) is 0 Å². The fraction of sp³-hybridized carbons (Fsp3) is 0.417. The van der Waals surface area contributed by atoms with Gasteiger partial charge in [-0.25, -0.2) is 0 Å². The summed E-state index contributed by atoms with van der Waals surface area (Å²) in [5, 5.41) is 4.22. The van der Waals surface area contributed by atoms with Gasteiger partial charge in [0.05, 0.1) is 11.1 Å². The van der Waals surface area contributed by atoms with E-state index in [-0.39, 0.29) is 9.99 Å². The summed E-state index contributed by atoms with van der Waals surface area (Å²) in [4.78, 5) is 0. The summed E-state index contributed by atoms with van der Waals surface area (Å²) in [6, 6.07) is 4.09. The van der Waals surface area contributed by atoms with Crippen molar-refractivity contribution < 1.29 is 17.9 Å². The molecule has 0 amide bonds. The van der Waals surface area contributed by atoms with E-state index < -0.39 is 11.7 Å². The minimum absolute atomic E-state index is 0.104. The van der Waals surface area contributed by atoms with Crippen LogP contribution in [-0.2, 0) is 17.5 Å². The summed E-state index contributed by atoms with van der Waals surface area (Å²) in [5.41, 5.74) is -0.201. The van der Waals surface area contributed by atoms with E-state index in [0.717, 1.165) is 6.07 Å². The number of benzene rings is 1. The van der Waals surface area contributed by atoms with Crippen molar-refractivity contribution in [3.8, 4) is 0 Å². The van der Waals surface area contributed by atoms with Crippen molar-refractivity contribution >= 4 is 26.8 Å². The van der Waals surface area contributed by atoms with Crippen LogP contribution < -0.4 is 0 Å². The lowest BCUT2D eigenvalue weighted by molar-refractivity contribution is -0.136. The fourth-order valence-electron chi connectivity index (χ4n) is 1.95. The zero-order valence-corrected chi connectivity index (χ0v) is 11.8. The van der Waals surface area contributed by atoms with Crippen LogP contribution in [0.3, 0.4) is 0 Å². The average Bonchev–Trinajstić information content (AvgIpc) is 2.66. The molecule has 2 rings (SSSR count). The van der Waals surface area contributed by atoms with Gasteiger partial charge < -0.3 is 4.74 Å². The smallest absolute Gasteiger partial charge is 0.385 e. The maximum absolute atomic E-state index is 12.9. The van der Waals surface area contributed by atoms with Crippen LogP contribution in [0, 0.1) is 0 Å². The Kier molecular flexibility index (Phi) is 4.15. The van der Waals surface area contributed by atoms with Crippen LogP contribution in [0.2, 0.25) is 0 Å². The van der Waals surface area contributed by atoms with Crippen LogP contribution in [-0.4, -0.2) is 23.5 Å². The van der Waals surface area contributed by atoms with E-state index in [2.05, 4.69) is 21.0 Å². The number of hydrogen-bond acceptors (Lipinski definition) is 2. The second-order valence-corrected chi connectivity index (χ2v) is 4.81.